The van der Waals surface area contributed by atoms with Crippen molar-refractivity contribution in [3.63, 3.8) is 0 Å². The summed E-state index contributed by atoms with van der Waals surface area (Å²) >= 11 is 1.89. The van der Waals surface area contributed by atoms with Crippen LogP contribution in [0.4, 0.5) is 34.1 Å². The summed E-state index contributed by atoms with van der Waals surface area (Å²) in [5.74, 6) is 0. The minimum absolute atomic E-state index is 0.150. The average Bonchev–Trinajstić information content (AvgIpc) is 4.07. The minimum Gasteiger partial charge on any atom is -0.310 e. The van der Waals surface area contributed by atoms with Crippen LogP contribution in [-0.4, -0.2) is 0 Å². The highest BCUT2D eigenvalue weighted by molar-refractivity contribution is 7.26. The first-order valence-corrected chi connectivity index (χ1v) is 24.2. The van der Waals surface area contributed by atoms with Gasteiger partial charge in [0.15, 0.2) is 0 Å². The van der Waals surface area contributed by atoms with Gasteiger partial charge in [0.05, 0.1) is 15.8 Å². The SMILES string of the molecule is CC1(C)c2ccccc2-c2ccc(N(c3ccc4c(c3)C3(c5ccccc5-c5ccc(N(c6ccccc6)c6ccccc6)cc53)c3ccccc3-4)c3cccc4c3sc3ccccc34)cc21. The Hall–Kier alpha value is -7.98. The van der Waals surface area contributed by atoms with Gasteiger partial charge in [-0.2, -0.15) is 0 Å². The van der Waals surface area contributed by atoms with Gasteiger partial charge in [-0.3, -0.25) is 0 Å². The maximum atomic E-state index is 2.55. The number of rotatable bonds is 6. The van der Waals surface area contributed by atoms with Crippen molar-refractivity contribution in [2.75, 3.05) is 9.80 Å². The molecule has 67 heavy (non-hydrogen) atoms. The molecular weight excluding hydrogens is 829 g/mol. The highest BCUT2D eigenvalue weighted by atomic mass is 32.1. The molecule has 1 heterocycles. The molecule has 2 nitrogen and oxygen atoms in total. The molecule has 0 N–H and O–H groups in total. The minimum atomic E-state index is -0.570. The molecule has 1 atom stereocenters. The van der Waals surface area contributed by atoms with Gasteiger partial charge in [-0.25, -0.2) is 0 Å². The third-order valence-electron chi connectivity index (χ3n) is 15.1. The molecule has 1 spiro atoms. The van der Waals surface area contributed by atoms with Crippen molar-refractivity contribution in [3.05, 3.63) is 264 Å². The van der Waals surface area contributed by atoms with Crippen LogP contribution >= 0.6 is 11.3 Å². The number of fused-ring (bicyclic) bond motifs is 16. The Kier molecular flexibility index (Phi) is 8.15. The molecule has 1 unspecified atom stereocenters. The van der Waals surface area contributed by atoms with E-state index in [1.807, 2.05) is 11.3 Å². The van der Waals surface area contributed by atoms with E-state index in [4.69, 9.17) is 0 Å². The highest BCUT2D eigenvalue weighted by Crippen LogP contribution is 2.64. The number of anilines is 6. The summed E-state index contributed by atoms with van der Waals surface area (Å²) in [5, 5.41) is 2.59. The quantitative estimate of drug-likeness (QED) is 0.164. The topological polar surface area (TPSA) is 6.48 Å². The molecule has 10 aromatic carbocycles. The first kappa shape index (κ1) is 38.3. The highest BCUT2D eigenvalue weighted by Gasteiger charge is 2.52. The van der Waals surface area contributed by atoms with Crippen LogP contribution in [-0.2, 0) is 10.8 Å². The molecular formula is C64H44N2S. The van der Waals surface area contributed by atoms with Crippen LogP contribution in [0.15, 0.2) is 231 Å². The van der Waals surface area contributed by atoms with Gasteiger partial charge in [-0.05, 0) is 140 Å². The number of benzene rings is 10. The molecule has 3 aliphatic carbocycles. The fourth-order valence-electron chi connectivity index (χ4n) is 12.2. The van der Waals surface area contributed by atoms with E-state index in [1.165, 1.54) is 92.6 Å². The molecule has 1 aromatic heterocycles. The summed E-state index contributed by atoms with van der Waals surface area (Å²) in [6.07, 6.45) is 0. The predicted octanol–water partition coefficient (Wildman–Crippen LogP) is 17.6. The average molecular weight is 873 g/mol. The van der Waals surface area contributed by atoms with E-state index >= 15 is 0 Å². The largest absolute Gasteiger partial charge is 0.310 e. The first-order chi connectivity index (χ1) is 33.0. The Morgan fingerprint density at radius 1 is 0.313 bits per heavy atom. The summed E-state index contributed by atoms with van der Waals surface area (Å²) in [7, 11) is 0. The van der Waals surface area contributed by atoms with Gasteiger partial charge < -0.3 is 9.80 Å². The van der Waals surface area contributed by atoms with Gasteiger partial charge in [0, 0.05) is 49.3 Å². The van der Waals surface area contributed by atoms with Crippen molar-refractivity contribution >= 4 is 65.6 Å². The van der Waals surface area contributed by atoms with Crippen LogP contribution < -0.4 is 9.80 Å². The lowest BCUT2D eigenvalue weighted by atomic mass is 9.70. The van der Waals surface area contributed by atoms with Crippen molar-refractivity contribution < 1.29 is 0 Å². The van der Waals surface area contributed by atoms with Crippen LogP contribution in [0.2, 0.25) is 0 Å². The summed E-state index contributed by atoms with van der Waals surface area (Å²) in [6, 6.07) is 86.3. The van der Waals surface area contributed by atoms with Crippen molar-refractivity contribution in [2.24, 2.45) is 0 Å². The first-order valence-electron chi connectivity index (χ1n) is 23.3. The Bertz CT molecular complexity index is 3760. The number of thiophene rings is 1. The smallest absolute Gasteiger partial charge is 0.0727 e. The van der Waals surface area contributed by atoms with E-state index in [9.17, 15) is 0 Å². The zero-order chi connectivity index (χ0) is 44.4. The van der Waals surface area contributed by atoms with Gasteiger partial charge in [-0.15, -0.1) is 11.3 Å². The summed E-state index contributed by atoms with van der Waals surface area (Å²) in [5.41, 5.74) is 21.9. The molecule has 0 saturated carbocycles. The molecule has 11 aromatic rings. The van der Waals surface area contributed by atoms with E-state index in [-0.39, 0.29) is 5.41 Å². The third kappa shape index (κ3) is 5.32. The van der Waals surface area contributed by atoms with Gasteiger partial charge in [-0.1, -0.05) is 172 Å². The Balaban J connectivity index is 1.04. The van der Waals surface area contributed by atoms with E-state index < -0.39 is 5.41 Å². The van der Waals surface area contributed by atoms with Gasteiger partial charge >= 0.3 is 0 Å². The van der Waals surface area contributed by atoms with E-state index in [0.29, 0.717) is 0 Å². The zero-order valence-corrected chi connectivity index (χ0v) is 38.1. The van der Waals surface area contributed by atoms with E-state index in [0.717, 1.165) is 28.4 Å². The van der Waals surface area contributed by atoms with E-state index in [2.05, 4.69) is 254 Å². The van der Waals surface area contributed by atoms with Crippen molar-refractivity contribution in [2.45, 2.75) is 24.7 Å². The fourth-order valence-corrected chi connectivity index (χ4v) is 13.4. The second-order valence-corrected chi connectivity index (χ2v) is 19.8. The molecule has 14 rings (SSSR count). The van der Waals surface area contributed by atoms with Crippen molar-refractivity contribution in [1.82, 2.24) is 0 Å². The maximum absolute atomic E-state index is 2.55. The number of nitrogens with zero attached hydrogens (tertiary/aromatic N) is 2. The van der Waals surface area contributed by atoms with Crippen LogP contribution in [0.5, 0.6) is 0 Å². The Labute approximate surface area is 395 Å². The summed E-state index contributed by atoms with van der Waals surface area (Å²) < 4.78 is 2.59. The molecule has 0 fully saturated rings. The molecule has 0 radical (unpaired) electrons. The van der Waals surface area contributed by atoms with Crippen molar-refractivity contribution in [1.29, 1.82) is 0 Å². The molecule has 0 aliphatic heterocycles. The van der Waals surface area contributed by atoms with Crippen LogP contribution in [0, 0.1) is 0 Å². The standard InChI is InChI=1S/C64H44N2S/c1-63(2)54-27-13-9-22-46(54)49-35-33-44(38-57(49)63)66(60-30-17-26-53-52-25-12-16-31-61(52)67-62(53)60)45-34-37-51-48-24-11-15-29-56(48)64(59(51)40-45)55-28-14-10-23-47(55)50-36-32-43(39-58(50)64)65(41-18-5-3-6-19-41)42-20-7-4-8-21-42/h3-40H,1-2H3. The zero-order valence-electron chi connectivity index (χ0n) is 37.2. The summed E-state index contributed by atoms with van der Waals surface area (Å²) in [6.45, 7) is 4.77. The second kappa shape index (κ2) is 14.3. The molecule has 0 bridgehead atoms. The number of hydrogen-bond donors (Lipinski definition) is 0. The monoisotopic (exact) mass is 872 g/mol. The molecule has 0 saturated heterocycles. The number of para-hydroxylation sites is 2. The lowest BCUT2D eigenvalue weighted by molar-refractivity contribution is 0.660. The lowest BCUT2D eigenvalue weighted by Gasteiger charge is -2.33. The van der Waals surface area contributed by atoms with E-state index in [1.54, 1.807) is 0 Å². The Morgan fingerprint density at radius 3 is 1.34 bits per heavy atom. The molecule has 316 valence electrons. The fraction of sp³-hybridized carbons (Fsp3) is 0.0625. The van der Waals surface area contributed by atoms with Crippen LogP contribution in [0.3, 0.4) is 0 Å². The van der Waals surface area contributed by atoms with Gasteiger partial charge in [0.1, 0.15) is 0 Å². The lowest BCUT2D eigenvalue weighted by Crippen LogP contribution is -2.26. The van der Waals surface area contributed by atoms with Crippen LogP contribution in [0.1, 0.15) is 47.2 Å². The van der Waals surface area contributed by atoms with Gasteiger partial charge in [0.2, 0.25) is 0 Å². The van der Waals surface area contributed by atoms with Crippen LogP contribution in [0.25, 0.3) is 53.6 Å². The second-order valence-electron chi connectivity index (χ2n) is 18.8. The molecule has 3 aliphatic rings. The normalized spacial score (nSPS) is 15.5. The summed E-state index contributed by atoms with van der Waals surface area (Å²) in [4.78, 5) is 4.95. The van der Waals surface area contributed by atoms with Crippen molar-refractivity contribution in [3.8, 4) is 33.4 Å². The third-order valence-corrected chi connectivity index (χ3v) is 16.3. The predicted molar refractivity (Wildman–Crippen MR) is 283 cm³/mol. The number of hydrogen-bond acceptors (Lipinski definition) is 3. The molecule has 3 heteroatoms. The van der Waals surface area contributed by atoms with Gasteiger partial charge in [0.25, 0.3) is 0 Å². The Morgan fingerprint density at radius 2 is 0.746 bits per heavy atom. The maximum Gasteiger partial charge on any atom is 0.0727 e. The molecule has 0 amide bonds.